The molecule has 0 spiro atoms. The van der Waals surface area contributed by atoms with Gasteiger partial charge < -0.3 is 18.8 Å². The van der Waals surface area contributed by atoms with Crippen molar-refractivity contribution >= 4 is 12.0 Å². The van der Waals surface area contributed by atoms with Gasteiger partial charge >= 0.3 is 5.97 Å². The molecule has 6 nitrogen and oxygen atoms in total. The Morgan fingerprint density at radius 1 is 1.53 bits per heavy atom. The molecule has 90 valence electrons. The summed E-state index contributed by atoms with van der Waals surface area (Å²) in [5.74, 6) is -0.283. The molecule has 0 saturated carbocycles. The van der Waals surface area contributed by atoms with Gasteiger partial charge in [0.2, 0.25) is 0 Å². The van der Waals surface area contributed by atoms with E-state index in [1.807, 2.05) is 13.0 Å². The standard InChI is InChI=1S/C11H12N2O4/c1-7-8(3-4-16-7)5-13(2)11-12-9(6-17-11)10(14)15/h3-4,6H,5H2,1-2H3,(H,14,15). The second kappa shape index (κ2) is 4.32. The highest BCUT2D eigenvalue weighted by Crippen LogP contribution is 2.17. The Morgan fingerprint density at radius 2 is 2.29 bits per heavy atom. The summed E-state index contributed by atoms with van der Waals surface area (Å²) in [6.45, 7) is 2.41. The molecule has 0 bridgehead atoms. The molecule has 0 radical (unpaired) electrons. The van der Waals surface area contributed by atoms with Crippen molar-refractivity contribution in [2.45, 2.75) is 13.5 Å². The fourth-order valence-electron chi connectivity index (χ4n) is 1.44. The third kappa shape index (κ3) is 2.30. The van der Waals surface area contributed by atoms with Crippen LogP contribution in [0.1, 0.15) is 21.8 Å². The van der Waals surface area contributed by atoms with Crippen molar-refractivity contribution < 1.29 is 18.7 Å². The second-order valence-electron chi connectivity index (χ2n) is 3.68. The number of furan rings is 1. The summed E-state index contributed by atoms with van der Waals surface area (Å²) >= 11 is 0. The zero-order valence-corrected chi connectivity index (χ0v) is 9.51. The van der Waals surface area contributed by atoms with E-state index in [9.17, 15) is 4.79 Å². The molecule has 0 aromatic carbocycles. The fourth-order valence-corrected chi connectivity index (χ4v) is 1.44. The Labute approximate surface area is 97.5 Å². The van der Waals surface area contributed by atoms with Crippen LogP contribution in [0.4, 0.5) is 6.01 Å². The first-order chi connectivity index (χ1) is 8.08. The van der Waals surface area contributed by atoms with E-state index in [2.05, 4.69) is 4.98 Å². The molecule has 6 heteroatoms. The Kier molecular flexibility index (Phi) is 2.86. The lowest BCUT2D eigenvalue weighted by molar-refractivity contribution is 0.0690. The summed E-state index contributed by atoms with van der Waals surface area (Å²) < 4.78 is 10.3. The molecule has 17 heavy (non-hydrogen) atoms. The molecular formula is C11H12N2O4. The summed E-state index contributed by atoms with van der Waals surface area (Å²) in [7, 11) is 1.77. The number of hydrogen-bond acceptors (Lipinski definition) is 5. The molecule has 0 aliphatic rings. The maximum atomic E-state index is 10.7. The summed E-state index contributed by atoms with van der Waals surface area (Å²) in [6.07, 6.45) is 2.73. The lowest BCUT2D eigenvalue weighted by Gasteiger charge is -2.13. The first-order valence-corrected chi connectivity index (χ1v) is 5.01. The number of carboxylic acids is 1. The minimum absolute atomic E-state index is 0.101. The van der Waals surface area contributed by atoms with Crippen LogP contribution < -0.4 is 4.90 Å². The first-order valence-electron chi connectivity index (χ1n) is 5.01. The third-order valence-corrected chi connectivity index (χ3v) is 2.41. The van der Waals surface area contributed by atoms with Crippen LogP contribution in [0.2, 0.25) is 0 Å². The lowest BCUT2D eigenvalue weighted by Crippen LogP contribution is -2.17. The van der Waals surface area contributed by atoms with E-state index in [1.54, 1.807) is 18.2 Å². The van der Waals surface area contributed by atoms with Crippen molar-refractivity contribution in [2.75, 3.05) is 11.9 Å². The molecule has 2 heterocycles. The molecule has 2 aromatic heterocycles. The van der Waals surface area contributed by atoms with E-state index in [0.29, 0.717) is 6.54 Å². The first kappa shape index (κ1) is 11.3. The predicted octanol–water partition coefficient (Wildman–Crippen LogP) is 1.91. The van der Waals surface area contributed by atoms with Crippen LogP contribution >= 0.6 is 0 Å². The van der Waals surface area contributed by atoms with Gasteiger partial charge in [-0.25, -0.2) is 4.79 Å². The number of oxazole rings is 1. The largest absolute Gasteiger partial charge is 0.476 e. The molecular weight excluding hydrogens is 224 g/mol. The van der Waals surface area contributed by atoms with E-state index >= 15 is 0 Å². The number of carboxylic acid groups (broad SMARTS) is 1. The maximum absolute atomic E-state index is 10.7. The minimum Gasteiger partial charge on any atom is -0.476 e. The zero-order valence-electron chi connectivity index (χ0n) is 9.51. The fraction of sp³-hybridized carbons (Fsp3) is 0.273. The minimum atomic E-state index is -1.10. The van der Waals surface area contributed by atoms with Gasteiger partial charge in [-0.2, -0.15) is 4.98 Å². The van der Waals surface area contributed by atoms with Gasteiger partial charge in [0.15, 0.2) is 5.69 Å². The highest BCUT2D eigenvalue weighted by Gasteiger charge is 2.14. The lowest BCUT2D eigenvalue weighted by atomic mass is 10.2. The van der Waals surface area contributed by atoms with Crippen molar-refractivity contribution in [3.05, 3.63) is 35.6 Å². The second-order valence-corrected chi connectivity index (χ2v) is 3.68. The van der Waals surface area contributed by atoms with E-state index in [-0.39, 0.29) is 11.7 Å². The van der Waals surface area contributed by atoms with Crippen LogP contribution in [0, 0.1) is 6.92 Å². The van der Waals surface area contributed by atoms with Crippen LogP contribution in [-0.2, 0) is 6.54 Å². The van der Waals surface area contributed by atoms with E-state index < -0.39 is 5.97 Å². The third-order valence-electron chi connectivity index (χ3n) is 2.41. The average molecular weight is 236 g/mol. The molecule has 0 saturated heterocycles. The normalized spacial score (nSPS) is 10.5. The van der Waals surface area contributed by atoms with Crippen molar-refractivity contribution in [3.8, 4) is 0 Å². The Balaban J connectivity index is 2.12. The quantitative estimate of drug-likeness (QED) is 0.873. The van der Waals surface area contributed by atoms with Gasteiger partial charge in [0.1, 0.15) is 12.0 Å². The van der Waals surface area contributed by atoms with Crippen LogP contribution in [0.5, 0.6) is 0 Å². The molecule has 0 aliphatic carbocycles. The zero-order chi connectivity index (χ0) is 12.4. The molecule has 1 N–H and O–H groups in total. The van der Waals surface area contributed by atoms with E-state index in [4.69, 9.17) is 13.9 Å². The van der Waals surface area contributed by atoms with Crippen LogP contribution in [0.3, 0.4) is 0 Å². The van der Waals surface area contributed by atoms with Crippen LogP contribution in [0.15, 0.2) is 27.4 Å². The molecule has 0 unspecified atom stereocenters. The molecule has 0 amide bonds. The molecule has 0 atom stereocenters. The maximum Gasteiger partial charge on any atom is 0.357 e. The highest BCUT2D eigenvalue weighted by molar-refractivity contribution is 5.85. The number of hydrogen-bond donors (Lipinski definition) is 1. The van der Waals surface area contributed by atoms with Gasteiger partial charge in [0.05, 0.1) is 12.8 Å². The Morgan fingerprint density at radius 3 is 2.82 bits per heavy atom. The predicted molar refractivity (Wildman–Crippen MR) is 59.0 cm³/mol. The van der Waals surface area contributed by atoms with Gasteiger partial charge in [-0.1, -0.05) is 0 Å². The number of rotatable bonds is 4. The van der Waals surface area contributed by atoms with Crippen molar-refractivity contribution in [1.82, 2.24) is 4.98 Å². The van der Waals surface area contributed by atoms with Gasteiger partial charge in [-0.15, -0.1) is 0 Å². The SMILES string of the molecule is Cc1occc1CN(C)c1nc(C(=O)O)co1. The smallest absolute Gasteiger partial charge is 0.357 e. The molecule has 0 aliphatic heterocycles. The van der Waals surface area contributed by atoms with Gasteiger partial charge in [0.25, 0.3) is 6.01 Å². The average Bonchev–Trinajstić information content (AvgIpc) is 2.88. The monoisotopic (exact) mass is 236 g/mol. The van der Waals surface area contributed by atoms with Gasteiger partial charge in [0, 0.05) is 12.6 Å². The summed E-state index contributed by atoms with van der Waals surface area (Å²) in [5, 5.41) is 8.72. The van der Waals surface area contributed by atoms with E-state index in [1.165, 1.54) is 0 Å². The Hall–Kier alpha value is -2.24. The van der Waals surface area contributed by atoms with Gasteiger partial charge in [-0.3, -0.25) is 0 Å². The van der Waals surface area contributed by atoms with Crippen molar-refractivity contribution in [1.29, 1.82) is 0 Å². The highest BCUT2D eigenvalue weighted by atomic mass is 16.4. The summed E-state index contributed by atoms with van der Waals surface area (Å²) in [5.41, 5.74) is 0.901. The van der Waals surface area contributed by atoms with Crippen molar-refractivity contribution in [3.63, 3.8) is 0 Å². The number of nitrogens with zero attached hydrogens (tertiary/aromatic N) is 2. The number of aromatic carboxylic acids is 1. The molecule has 2 aromatic rings. The number of aromatic nitrogens is 1. The van der Waals surface area contributed by atoms with Crippen molar-refractivity contribution in [2.24, 2.45) is 0 Å². The molecule has 0 fully saturated rings. The summed E-state index contributed by atoms with van der Waals surface area (Å²) in [4.78, 5) is 16.2. The number of aryl methyl sites for hydroxylation is 1. The van der Waals surface area contributed by atoms with Crippen LogP contribution in [-0.4, -0.2) is 23.1 Å². The number of carbonyl (C=O) groups is 1. The number of anilines is 1. The molecule has 2 rings (SSSR count). The van der Waals surface area contributed by atoms with Gasteiger partial charge in [-0.05, 0) is 13.0 Å². The van der Waals surface area contributed by atoms with Crippen LogP contribution in [0.25, 0.3) is 0 Å². The Bertz CT molecular complexity index is 529. The van der Waals surface area contributed by atoms with E-state index in [0.717, 1.165) is 17.6 Å². The summed E-state index contributed by atoms with van der Waals surface area (Å²) in [6, 6.07) is 2.12. The topological polar surface area (TPSA) is 79.7 Å².